The monoisotopic (exact) mass is 223 g/mol. The van der Waals surface area contributed by atoms with Crippen molar-refractivity contribution in [1.29, 1.82) is 0 Å². The third-order valence-corrected chi connectivity index (χ3v) is 3.07. The second-order valence-electron chi connectivity index (χ2n) is 4.85. The van der Waals surface area contributed by atoms with E-state index < -0.39 is 0 Å². The van der Waals surface area contributed by atoms with Gasteiger partial charge < -0.3 is 10.4 Å². The van der Waals surface area contributed by atoms with Crippen molar-refractivity contribution in [2.45, 2.75) is 45.6 Å². The molecule has 0 saturated heterocycles. The van der Waals surface area contributed by atoms with Crippen LogP contribution in [0.2, 0.25) is 0 Å². The fraction of sp³-hybridized carbons (Fsp3) is 1.00. The largest absolute Gasteiger partial charge is 0.412 e. The third kappa shape index (κ3) is 4.63. The van der Waals surface area contributed by atoms with E-state index in [2.05, 4.69) is 32.8 Å². The van der Waals surface area contributed by atoms with Gasteiger partial charge in [-0.2, -0.15) is 0 Å². The maximum atomic E-state index is 2.42. The maximum absolute atomic E-state index is 2.42. The maximum Gasteiger partial charge on any atom is 0.0120 e. The van der Waals surface area contributed by atoms with Gasteiger partial charge in [0.2, 0.25) is 0 Å². The molecule has 0 radical (unpaired) electrons. The Morgan fingerprint density at radius 2 is 1.71 bits per heavy atom. The van der Waals surface area contributed by atoms with Crippen molar-refractivity contribution < 1.29 is 5.48 Å². The summed E-state index contributed by atoms with van der Waals surface area (Å²) in [6, 6.07) is 0.846. The Morgan fingerprint density at radius 1 is 1.21 bits per heavy atom. The van der Waals surface area contributed by atoms with E-state index in [1.807, 2.05) is 0 Å². The molecule has 0 aromatic heterocycles. The molecular formula is C11H26ClNO. The van der Waals surface area contributed by atoms with E-state index in [4.69, 9.17) is 0 Å². The summed E-state index contributed by atoms with van der Waals surface area (Å²) in [4.78, 5) is 2.42. The lowest BCUT2D eigenvalue weighted by Gasteiger charge is -2.38. The molecule has 1 aliphatic carbocycles. The first-order valence-corrected chi connectivity index (χ1v) is 5.27. The predicted octanol–water partition coefficient (Wildman–Crippen LogP) is 2.36. The number of hydrogen-bond acceptors (Lipinski definition) is 1. The van der Waals surface area contributed by atoms with Crippen LogP contribution in [-0.4, -0.2) is 30.5 Å². The first kappa shape index (κ1) is 16.6. The van der Waals surface area contributed by atoms with Crippen LogP contribution in [0.25, 0.3) is 0 Å². The van der Waals surface area contributed by atoms with E-state index in [1.165, 1.54) is 25.7 Å². The summed E-state index contributed by atoms with van der Waals surface area (Å²) in [7, 11) is 4.46. The second kappa shape index (κ2) is 7.49. The van der Waals surface area contributed by atoms with Crippen molar-refractivity contribution in [2.24, 2.45) is 11.8 Å². The first-order valence-electron chi connectivity index (χ1n) is 5.27. The molecule has 0 bridgehead atoms. The highest BCUT2D eigenvalue weighted by Crippen LogP contribution is 2.34. The molecule has 2 nitrogen and oxygen atoms in total. The van der Waals surface area contributed by atoms with Gasteiger partial charge in [-0.1, -0.05) is 20.3 Å². The van der Waals surface area contributed by atoms with Gasteiger partial charge in [-0.15, -0.1) is 12.4 Å². The van der Waals surface area contributed by atoms with Gasteiger partial charge in [0.15, 0.2) is 0 Å². The lowest BCUT2D eigenvalue weighted by Crippen LogP contribution is -2.39. The molecule has 0 spiro atoms. The minimum atomic E-state index is 0. The molecule has 1 unspecified atom stereocenters. The minimum Gasteiger partial charge on any atom is -0.412 e. The zero-order chi connectivity index (χ0) is 9.14. The van der Waals surface area contributed by atoms with Crippen LogP contribution >= 0.6 is 12.4 Å². The fourth-order valence-corrected chi connectivity index (χ4v) is 2.13. The molecule has 1 saturated carbocycles. The molecule has 1 atom stereocenters. The summed E-state index contributed by atoms with van der Waals surface area (Å²) in [5, 5.41) is 0. The predicted molar refractivity (Wildman–Crippen MR) is 65.1 cm³/mol. The summed E-state index contributed by atoms with van der Waals surface area (Å²) >= 11 is 0. The van der Waals surface area contributed by atoms with Crippen LogP contribution in [0.1, 0.15) is 39.5 Å². The van der Waals surface area contributed by atoms with Crippen molar-refractivity contribution in [2.75, 3.05) is 14.1 Å². The quantitative estimate of drug-likeness (QED) is 0.721. The summed E-state index contributed by atoms with van der Waals surface area (Å²) in [5.41, 5.74) is 0. The normalized spacial score (nSPS) is 18.4. The van der Waals surface area contributed by atoms with Crippen LogP contribution in [0.4, 0.5) is 0 Å². The topological polar surface area (TPSA) is 34.7 Å². The fourth-order valence-electron chi connectivity index (χ4n) is 2.13. The van der Waals surface area contributed by atoms with Crippen molar-refractivity contribution in [3.05, 3.63) is 0 Å². The van der Waals surface area contributed by atoms with E-state index in [-0.39, 0.29) is 17.9 Å². The molecule has 0 heterocycles. The molecule has 1 fully saturated rings. The van der Waals surface area contributed by atoms with Gasteiger partial charge in [-0.3, -0.25) is 0 Å². The average molecular weight is 224 g/mol. The third-order valence-electron chi connectivity index (χ3n) is 3.07. The number of nitrogens with zero attached hydrogens (tertiary/aromatic N) is 1. The summed E-state index contributed by atoms with van der Waals surface area (Å²) in [6.07, 6.45) is 5.77. The van der Waals surface area contributed by atoms with Crippen LogP contribution in [0, 0.1) is 11.8 Å². The van der Waals surface area contributed by atoms with Gasteiger partial charge in [0.05, 0.1) is 0 Å². The Morgan fingerprint density at radius 3 is 1.93 bits per heavy atom. The van der Waals surface area contributed by atoms with E-state index in [1.54, 1.807) is 0 Å². The molecule has 2 N–H and O–H groups in total. The Kier molecular flexibility index (Phi) is 8.90. The molecule has 14 heavy (non-hydrogen) atoms. The molecule has 0 aromatic rings. The van der Waals surface area contributed by atoms with Crippen LogP contribution < -0.4 is 0 Å². The molecular weight excluding hydrogens is 198 g/mol. The number of hydrogen-bond donors (Lipinski definition) is 0. The molecule has 3 heteroatoms. The van der Waals surface area contributed by atoms with Crippen molar-refractivity contribution in [1.82, 2.24) is 4.90 Å². The SMILES string of the molecule is CC(C)CC(C1CCC1)N(C)C.Cl.O. The Labute approximate surface area is 94.8 Å². The van der Waals surface area contributed by atoms with Crippen LogP contribution in [0.15, 0.2) is 0 Å². The van der Waals surface area contributed by atoms with Gasteiger partial charge >= 0.3 is 0 Å². The molecule has 88 valence electrons. The van der Waals surface area contributed by atoms with Crippen molar-refractivity contribution in [3.8, 4) is 0 Å². The minimum absolute atomic E-state index is 0. The summed E-state index contributed by atoms with van der Waals surface area (Å²) < 4.78 is 0. The molecule has 0 amide bonds. The zero-order valence-corrected chi connectivity index (χ0v) is 10.7. The van der Waals surface area contributed by atoms with Crippen LogP contribution in [-0.2, 0) is 0 Å². The lowest BCUT2D eigenvalue weighted by atomic mass is 9.76. The summed E-state index contributed by atoms with van der Waals surface area (Å²) in [6.45, 7) is 4.66. The zero-order valence-electron chi connectivity index (χ0n) is 9.92. The smallest absolute Gasteiger partial charge is 0.0120 e. The highest BCUT2D eigenvalue weighted by atomic mass is 35.5. The van der Waals surface area contributed by atoms with Gasteiger partial charge in [0.1, 0.15) is 0 Å². The van der Waals surface area contributed by atoms with Crippen molar-refractivity contribution in [3.63, 3.8) is 0 Å². The summed E-state index contributed by atoms with van der Waals surface area (Å²) in [5.74, 6) is 1.85. The molecule has 0 aliphatic heterocycles. The first-order chi connectivity index (χ1) is 5.61. The number of halogens is 1. The standard InChI is InChI=1S/C11H23N.ClH.H2O/c1-9(2)8-11(12(3)4)10-6-5-7-10;;/h9-11H,5-8H2,1-4H3;1H;1H2. The Bertz CT molecular complexity index is 135. The van der Waals surface area contributed by atoms with E-state index in [0.717, 1.165) is 17.9 Å². The van der Waals surface area contributed by atoms with E-state index >= 15 is 0 Å². The van der Waals surface area contributed by atoms with Gasteiger partial charge in [0, 0.05) is 6.04 Å². The number of rotatable bonds is 4. The van der Waals surface area contributed by atoms with Crippen LogP contribution in [0.3, 0.4) is 0 Å². The highest BCUT2D eigenvalue weighted by molar-refractivity contribution is 5.85. The average Bonchev–Trinajstić information content (AvgIpc) is 1.80. The van der Waals surface area contributed by atoms with E-state index in [0.29, 0.717) is 0 Å². The van der Waals surface area contributed by atoms with Gasteiger partial charge in [-0.05, 0) is 45.2 Å². The Hall–Kier alpha value is 0.210. The molecule has 1 aliphatic rings. The second-order valence-corrected chi connectivity index (χ2v) is 4.85. The van der Waals surface area contributed by atoms with Gasteiger partial charge in [-0.25, -0.2) is 0 Å². The highest BCUT2D eigenvalue weighted by Gasteiger charge is 2.28. The van der Waals surface area contributed by atoms with Crippen molar-refractivity contribution >= 4 is 12.4 Å². The van der Waals surface area contributed by atoms with Crippen LogP contribution in [0.5, 0.6) is 0 Å². The Balaban J connectivity index is 0. The molecule has 0 aromatic carbocycles. The molecule has 1 rings (SSSR count). The van der Waals surface area contributed by atoms with E-state index in [9.17, 15) is 0 Å². The van der Waals surface area contributed by atoms with Gasteiger partial charge in [0.25, 0.3) is 0 Å². The lowest BCUT2D eigenvalue weighted by molar-refractivity contribution is 0.121.